The maximum Gasteiger partial charge on any atom is 0.270 e. The first kappa shape index (κ1) is 15.0. The van der Waals surface area contributed by atoms with Gasteiger partial charge in [0, 0.05) is 17.7 Å². The number of benzene rings is 2. The lowest BCUT2D eigenvalue weighted by Gasteiger charge is -2.10. The topological polar surface area (TPSA) is 72.6 Å². The third-order valence-corrected chi connectivity index (χ3v) is 3.14. The van der Waals surface area contributed by atoms with Crippen molar-refractivity contribution in [2.75, 3.05) is 6.61 Å². The van der Waals surface area contributed by atoms with Gasteiger partial charge >= 0.3 is 0 Å². The summed E-state index contributed by atoms with van der Waals surface area (Å²) in [5.74, 6) is 0.496. The molecule has 0 aliphatic rings. The van der Waals surface area contributed by atoms with E-state index in [1.54, 1.807) is 0 Å². The van der Waals surface area contributed by atoms with Gasteiger partial charge in [-0.2, -0.15) is 0 Å². The van der Waals surface area contributed by atoms with Crippen LogP contribution >= 0.6 is 0 Å². The lowest BCUT2D eigenvalue weighted by Crippen LogP contribution is -2.02. The van der Waals surface area contributed by atoms with Gasteiger partial charge < -0.3 is 9.84 Å². The van der Waals surface area contributed by atoms with Crippen LogP contribution in [0.4, 0.5) is 5.69 Å². The number of non-ortho nitro benzene ring substituents is 1. The zero-order chi connectivity index (χ0) is 15.1. The van der Waals surface area contributed by atoms with Crippen LogP contribution in [0.1, 0.15) is 17.5 Å². The molecule has 0 heterocycles. The number of ether oxygens (including phenoxy) is 1. The van der Waals surface area contributed by atoms with Gasteiger partial charge in [0.1, 0.15) is 5.75 Å². The molecule has 110 valence electrons. The Balaban J connectivity index is 1.89. The number of hydrogen-bond acceptors (Lipinski definition) is 4. The highest BCUT2D eigenvalue weighted by Gasteiger charge is 2.11. The molecule has 2 aromatic carbocycles. The minimum Gasteiger partial charge on any atom is -0.493 e. The monoisotopic (exact) mass is 287 g/mol. The van der Waals surface area contributed by atoms with Crippen molar-refractivity contribution in [1.29, 1.82) is 0 Å². The van der Waals surface area contributed by atoms with Crippen molar-refractivity contribution in [2.45, 2.75) is 19.4 Å². The van der Waals surface area contributed by atoms with Gasteiger partial charge in [0.05, 0.1) is 18.1 Å². The molecular weight excluding hydrogens is 270 g/mol. The molecule has 0 amide bonds. The number of nitrogens with zero attached hydrogens (tertiary/aromatic N) is 1. The first-order chi connectivity index (χ1) is 10.2. The average molecular weight is 287 g/mol. The van der Waals surface area contributed by atoms with E-state index < -0.39 is 4.92 Å². The second-order valence-corrected chi connectivity index (χ2v) is 4.64. The summed E-state index contributed by atoms with van der Waals surface area (Å²) in [7, 11) is 0. The van der Waals surface area contributed by atoms with Crippen molar-refractivity contribution in [3.05, 3.63) is 69.8 Å². The van der Waals surface area contributed by atoms with Gasteiger partial charge in [-0.25, -0.2) is 0 Å². The van der Waals surface area contributed by atoms with E-state index in [-0.39, 0.29) is 12.3 Å². The normalized spacial score (nSPS) is 10.3. The quantitative estimate of drug-likeness (QED) is 0.482. The van der Waals surface area contributed by atoms with Crippen LogP contribution in [-0.4, -0.2) is 16.6 Å². The van der Waals surface area contributed by atoms with E-state index >= 15 is 0 Å². The Bertz CT molecular complexity index is 598. The fourth-order valence-corrected chi connectivity index (χ4v) is 2.05. The zero-order valence-electron chi connectivity index (χ0n) is 11.6. The SMILES string of the molecule is O=[N+]([O-])c1ccc(OCCCc2ccccc2)c(CO)c1. The Morgan fingerprint density at radius 3 is 2.57 bits per heavy atom. The number of nitro benzene ring substituents is 1. The summed E-state index contributed by atoms with van der Waals surface area (Å²) in [5, 5.41) is 19.9. The van der Waals surface area contributed by atoms with Gasteiger partial charge in [-0.3, -0.25) is 10.1 Å². The van der Waals surface area contributed by atoms with E-state index in [1.807, 2.05) is 18.2 Å². The molecule has 0 bridgehead atoms. The van der Waals surface area contributed by atoms with E-state index in [0.717, 1.165) is 12.8 Å². The predicted molar refractivity (Wildman–Crippen MR) is 79.3 cm³/mol. The molecule has 5 nitrogen and oxygen atoms in total. The van der Waals surface area contributed by atoms with Crippen LogP contribution in [0.3, 0.4) is 0 Å². The molecule has 0 aromatic heterocycles. The minimum absolute atomic E-state index is 0.0457. The third kappa shape index (κ3) is 4.29. The largest absolute Gasteiger partial charge is 0.493 e. The summed E-state index contributed by atoms with van der Waals surface area (Å²) in [6, 6.07) is 14.3. The molecule has 2 aromatic rings. The second kappa shape index (κ2) is 7.40. The first-order valence-electron chi connectivity index (χ1n) is 6.75. The molecule has 1 N–H and O–H groups in total. The maximum absolute atomic E-state index is 10.7. The van der Waals surface area contributed by atoms with E-state index in [0.29, 0.717) is 17.9 Å². The van der Waals surface area contributed by atoms with Crippen LogP contribution in [0.2, 0.25) is 0 Å². The van der Waals surface area contributed by atoms with Gasteiger partial charge in [0.25, 0.3) is 5.69 Å². The van der Waals surface area contributed by atoms with E-state index in [4.69, 9.17) is 4.74 Å². The molecule has 0 aliphatic heterocycles. The maximum atomic E-state index is 10.7. The Morgan fingerprint density at radius 2 is 1.90 bits per heavy atom. The summed E-state index contributed by atoms with van der Waals surface area (Å²) in [5.41, 5.74) is 1.63. The van der Waals surface area contributed by atoms with Crippen LogP contribution in [-0.2, 0) is 13.0 Å². The number of rotatable bonds is 7. The van der Waals surface area contributed by atoms with Crippen molar-refractivity contribution in [3.8, 4) is 5.75 Å². The summed E-state index contributed by atoms with van der Waals surface area (Å²) in [6.07, 6.45) is 1.74. The summed E-state index contributed by atoms with van der Waals surface area (Å²) in [4.78, 5) is 10.2. The Labute approximate surface area is 123 Å². The van der Waals surface area contributed by atoms with Crippen LogP contribution in [0.5, 0.6) is 5.75 Å². The highest BCUT2D eigenvalue weighted by atomic mass is 16.6. The summed E-state index contributed by atoms with van der Waals surface area (Å²) in [6.45, 7) is 0.218. The van der Waals surface area contributed by atoms with Crippen LogP contribution in [0.15, 0.2) is 48.5 Å². The molecule has 21 heavy (non-hydrogen) atoms. The fraction of sp³-hybridized carbons (Fsp3) is 0.250. The average Bonchev–Trinajstić information content (AvgIpc) is 2.52. The zero-order valence-corrected chi connectivity index (χ0v) is 11.6. The second-order valence-electron chi connectivity index (χ2n) is 4.64. The lowest BCUT2D eigenvalue weighted by molar-refractivity contribution is -0.385. The fourth-order valence-electron chi connectivity index (χ4n) is 2.05. The Hall–Kier alpha value is -2.40. The predicted octanol–water partition coefficient (Wildman–Crippen LogP) is 3.10. The number of aliphatic hydroxyl groups excluding tert-OH is 1. The smallest absolute Gasteiger partial charge is 0.270 e. The highest BCUT2D eigenvalue weighted by molar-refractivity contribution is 5.43. The summed E-state index contributed by atoms with van der Waals surface area (Å²) >= 11 is 0. The van der Waals surface area contributed by atoms with Crippen LogP contribution in [0.25, 0.3) is 0 Å². The summed E-state index contributed by atoms with van der Waals surface area (Å²) < 4.78 is 5.60. The van der Waals surface area contributed by atoms with Crippen LogP contribution in [0, 0.1) is 10.1 Å². The van der Waals surface area contributed by atoms with Gasteiger partial charge in [0.2, 0.25) is 0 Å². The van der Waals surface area contributed by atoms with Crippen molar-refractivity contribution < 1.29 is 14.8 Å². The molecule has 0 saturated heterocycles. The highest BCUT2D eigenvalue weighted by Crippen LogP contribution is 2.24. The number of aryl methyl sites for hydroxylation is 1. The molecule has 0 spiro atoms. The van der Waals surface area contributed by atoms with Gasteiger partial charge in [-0.1, -0.05) is 30.3 Å². The molecule has 0 saturated carbocycles. The molecular formula is C16H17NO4. The minimum atomic E-state index is -0.488. The molecule has 0 fully saturated rings. The Morgan fingerprint density at radius 1 is 1.14 bits per heavy atom. The van der Waals surface area contributed by atoms with Crippen molar-refractivity contribution >= 4 is 5.69 Å². The van der Waals surface area contributed by atoms with E-state index in [2.05, 4.69) is 12.1 Å². The van der Waals surface area contributed by atoms with Gasteiger partial charge in [-0.05, 0) is 24.5 Å². The van der Waals surface area contributed by atoms with Crippen molar-refractivity contribution in [1.82, 2.24) is 0 Å². The van der Waals surface area contributed by atoms with E-state index in [9.17, 15) is 15.2 Å². The molecule has 0 radical (unpaired) electrons. The number of hydrogen-bond donors (Lipinski definition) is 1. The van der Waals surface area contributed by atoms with Gasteiger partial charge in [0.15, 0.2) is 0 Å². The first-order valence-corrected chi connectivity index (χ1v) is 6.75. The molecule has 2 rings (SSSR count). The van der Waals surface area contributed by atoms with Crippen molar-refractivity contribution in [2.24, 2.45) is 0 Å². The number of nitro groups is 1. The molecule has 0 aliphatic carbocycles. The van der Waals surface area contributed by atoms with E-state index in [1.165, 1.54) is 23.8 Å². The van der Waals surface area contributed by atoms with Crippen LogP contribution < -0.4 is 4.74 Å². The Kier molecular flexibility index (Phi) is 5.29. The molecule has 5 heteroatoms. The van der Waals surface area contributed by atoms with Gasteiger partial charge in [-0.15, -0.1) is 0 Å². The third-order valence-electron chi connectivity index (χ3n) is 3.14. The van der Waals surface area contributed by atoms with Crippen molar-refractivity contribution in [3.63, 3.8) is 0 Å². The standard InChI is InChI=1S/C16H17NO4/c18-12-14-11-15(17(19)20)8-9-16(14)21-10-4-7-13-5-2-1-3-6-13/h1-3,5-6,8-9,11,18H,4,7,10,12H2. The molecule has 0 atom stereocenters. The molecule has 0 unspecified atom stereocenters. The number of aliphatic hydroxyl groups is 1. The lowest BCUT2D eigenvalue weighted by atomic mass is 10.1.